The zero-order valence-corrected chi connectivity index (χ0v) is 12.0. The van der Waals surface area contributed by atoms with Crippen molar-refractivity contribution in [2.24, 2.45) is 5.92 Å². The Labute approximate surface area is 115 Å². The molecule has 0 aliphatic carbocycles. The molecule has 1 aromatic carbocycles. The van der Waals surface area contributed by atoms with E-state index in [0.717, 1.165) is 21.1 Å². The van der Waals surface area contributed by atoms with Crippen LogP contribution in [0.15, 0.2) is 22.7 Å². The van der Waals surface area contributed by atoms with Gasteiger partial charge in [-0.2, -0.15) is 0 Å². The number of nitrogens with one attached hydrogen (secondary N) is 1. The first-order chi connectivity index (χ1) is 8.22. The molecular weight excluding hydrogens is 300 g/mol. The Bertz CT molecular complexity index is 416. The van der Waals surface area contributed by atoms with Crippen molar-refractivity contribution in [2.45, 2.75) is 18.9 Å². The van der Waals surface area contributed by atoms with E-state index in [9.17, 15) is 0 Å². The van der Waals surface area contributed by atoms with Gasteiger partial charge in [0, 0.05) is 22.1 Å². The smallest absolute Gasteiger partial charge is 0.0502 e. The lowest BCUT2D eigenvalue weighted by atomic mass is 9.84. The largest absolute Gasteiger partial charge is 0.380 e. The van der Waals surface area contributed by atoms with Crippen LogP contribution < -0.4 is 5.32 Å². The van der Waals surface area contributed by atoms with Crippen molar-refractivity contribution >= 4 is 33.2 Å². The summed E-state index contributed by atoms with van der Waals surface area (Å²) >= 11 is 9.62. The van der Waals surface area contributed by atoms with Crippen LogP contribution in [0.2, 0.25) is 5.02 Å². The second-order valence-corrected chi connectivity index (χ2v) is 6.30. The maximum Gasteiger partial charge on any atom is 0.0502 e. The highest BCUT2D eigenvalue weighted by Crippen LogP contribution is 2.32. The Kier molecular flexibility index (Phi) is 3.33. The van der Waals surface area contributed by atoms with Crippen LogP contribution in [-0.2, 0) is 0 Å². The summed E-state index contributed by atoms with van der Waals surface area (Å²) in [5.74, 6) is 0.825. The zero-order chi connectivity index (χ0) is 11.8. The van der Waals surface area contributed by atoms with Gasteiger partial charge in [-0.15, -0.1) is 0 Å². The topological polar surface area (TPSA) is 15.3 Å². The van der Waals surface area contributed by atoms with Crippen LogP contribution in [0, 0.1) is 5.92 Å². The van der Waals surface area contributed by atoms with Gasteiger partial charge in [-0.3, -0.25) is 0 Å². The summed E-state index contributed by atoms with van der Waals surface area (Å²) in [5.41, 5.74) is 1.12. The second kappa shape index (κ2) is 4.79. The van der Waals surface area contributed by atoms with Crippen molar-refractivity contribution in [3.8, 4) is 0 Å². The molecule has 3 heterocycles. The first-order valence-electron chi connectivity index (χ1n) is 6.16. The number of benzene rings is 1. The molecule has 3 aliphatic heterocycles. The van der Waals surface area contributed by atoms with E-state index in [1.807, 2.05) is 18.2 Å². The van der Waals surface area contributed by atoms with E-state index in [-0.39, 0.29) is 0 Å². The van der Waals surface area contributed by atoms with Crippen LogP contribution >= 0.6 is 27.5 Å². The van der Waals surface area contributed by atoms with Crippen LogP contribution in [0.4, 0.5) is 5.69 Å². The average Bonchev–Trinajstić information content (AvgIpc) is 2.35. The number of anilines is 1. The van der Waals surface area contributed by atoms with Crippen LogP contribution in [0.25, 0.3) is 0 Å². The van der Waals surface area contributed by atoms with Crippen molar-refractivity contribution in [2.75, 3.05) is 25.0 Å². The number of hydrogen-bond donors (Lipinski definition) is 1. The van der Waals surface area contributed by atoms with Gasteiger partial charge < -0.3 is 10.2 Å². The van der Waals surface area contributed by atoms with Crippen molar-refractivity contribution in [3.05, 3.63) is 27.7 Å². The Morgan fingerprint density at radius 3 is 2.71 bits per heavy atom. The van der Waals surface area contributed by atoms with Gasteiger partial charge in [0.05, 0.1) is 5.69 Å². The third kappa shape index (κ3) is 2.47. The van der Waals surface area contributed by atoms with Crippen molar-refractivity contribution in [1.82, 2.24) is 4.90 Å². The molecule has 2 nitrogen and oxygen atoms in total. The van der Waals surface area contributed by atoms with E-state index >= 15 is 0 Å². The Hall–Kier alpha value is -0.250. The van der Waals surface area contributed by atoms with Gasteiger partial charge >= 0.3 is 0 Å². The molecule has 1 atom stereocenters. The Balaban J connectivity index is 1.76. The normalized spacial score (nSPS) is 31.5. The van der Waals surface area contributed by atoms with Crippen molar-refractivity contribution < 1.29 is 0 Å². The molecule has 3 fully saturated rings. The Morgan fingerprint density at radius 1 is 1.29 bits per heavy atom. The fourth-order valence-corrected chi connectivity index (χ4v) is 3.47. The van der Waals surface area contributed by atoms with Crippen molar-refractivity contribution in [3.63, 3.8) is 0 Å². The lowest BCUT2D eigenvalue weighted by molar-refractivity contribution is 0.0975. The highest BCUT2D eigenvalue weighted by molar-refractivity contribution is 9.10. The molecule has 0 spiro atoms. The molecule has 0 aromatic heterocycles. The molecule has 3 saturated heterocycles. The molecule has 1 unspecified atom stereocenters. The molecule has 4 heteroatoms. The average molecular weight is 316 g/mol. The van der Waals surface area contributed by atoms with Crippen LogP contribution in [0.5, 0.6) is 0 Å². The lowest BCUT2D eigenvalue weighted by Gasteiger charge is -2.45. The van der Waals surface area contributed by atoms with Gasteiger partial charge in [-0.25, -0.2) is 0 Å². The maximum absolute atomic E-state index is 6.04. The third-order valence-corrected chi connectivity index (χ3v) is 4.85. The highest BCUT2D eigenvalue weighted by atomic mass is 79.9. The summed E-state index contributed by atoms with van der Waals surface area (Å²) in [4.78, 5) is 2.55. The number of piperidine rings is 3. The number of hydrogen-bond acceptors (Lipinski definition) is 2. The molecule has 3 aliphatic rings. The zero-order valence-electron chi connectivity index (χ0n) is 9.63. The minimum atomic E-state index is 0.576. The Morgan fingerprint density at radius 2 is 2.06 bits per heavy atom. The minimum Gasteiger partial charge on any atom is -0.380 e. The first-order valence-corrected chi connectivity index (χ1v) is 7.33. The molecule has 1 N–H and O–H groups in total. The van der Waals surface area contributed by atoms with Gasteiger partial charge in [-0.05, 0) is 66.0 Å². The van der Waals surface area contributed by atoms with Crippen molar-refractivity contribution in [1.29, 1.82) is 0 Å². The summed E-state index contributed by atoms with van der Waals surface area (Å²) < 4.78 is 1.10. The fraction of sp³-hybridized carbons (Fsp3) is 0.538. The van der Waals surface area contributed by atoms with Gasteiger partial charge in [-0.1, -0.05) is 11.6 Å². The predicted molar refractivity (Wildman–Crippen MR) is 75.7 cm³/mol. The third-order valence-electron chi connectivity index (χ3n) is 3.93. The number of halogens is 2. The summed E-state index contributed by atoms with van der Waals surface area (Å²) in [6.45, 7) is 3.72. The predicted octanol–water partition coefficient (Wildman–Crippen LogP) is 3.61. The van der Waals surface area contributed by atoms with Gasteiger partial charge in [0.15, 0.2) is 0 Å². The van der Waals surface area contributed by atoms with Gasteiger partial charge in [0.2, 0.25) is 0 Å². The molecule has 17 heavy (non-hydrogen) atoms. The molecule has 4 rings (SSSR count). The van der Waals surface area contributed by atoms with Crippen LogP contribution in [0.1, 0.15) is 12.8 Å². The number of fused-ring (bicyclic) bond motifs is 3. The van der Waals surface area contributed by atoms with E-state index in [4.69, 9.17) is 11.6 Å². The second-order valence-electron chi connectivity index (χ2n) is 5.01. The van der Waals surface area contributed by atoms with E-state index in [1.165, 1.54) is 32.5 Å². The number of rotatable bonds is 2. The summed E-state index contributed by atoms with van der Waals surface area (Å²) in [6.07, 6.45) is 2.66. The SMILES string of the molecule is Clc1ccc(Br)c(NC2CN3CCC2CC3)c1. The van der Waals surface area contributed by atoms with Crippen LogP contribution in [-0.4, -0.2) is 30.6 Å². The van der Waals surface area contributed by atoms with E-state index in [2.05, 4.69) is 26.1 Å². The first kappa shape index (κ1) is 11.8. The van der Waals surface area contributed by atoms with E-state index < -0.39 is 0 Å². The number of nitrogens with zero attached hydrogens (tertiary/aromatic N) is 1. The minimum absolute atomic E-state index is 0.576. The summed E-state index contributed by atoms with van der Waals surface area (Å²) in [5, 5.41) is 4.44. The molecule has 2 bridgehead atoms. The van der Waals surface area contributed by atoms with Gasteiger partial charge in [0.25, 0.3) is 0 Å². The van der Waals surface area contributed by atoms with Crippen LogP contribution in [0.3, 0.4) is 0 Å². The quantitative estimate of drug-likeness (QED) is 0.897. The summed E-state index contributed by atoms with van der Waals surface area (Å²) in [6, 6.07) is 6.50. The van der Waals surface area contributed by atoms with E-state index in [1.54, 1.807) is 0 Å². The summed E-state index contributed by atoms with van der Waals surface area (Å²) in [7, 11) is 0. The molecule has 92 valence electrons. The molecule has 0 radical (unpaired) electrons. The standard InChI is InChI=1S/C13H16BrClN2/c14-11-2-1-10(15)7-12(11)16-13-8-17-5-3-9(13)4-6-17/h1-2,7,9,13,16H,3-6,8H2. The molecule has 0 saturated carbocycles. The lowest BCUT2D eigenvalue weighted by Crippen LogP contribution is -2.53. The van der Waals surface area contributed by atoms with Gasteiger partial charge in [0.1, 0.15) is 0 Å². The highest BCUT2D eigenvalue weighted by Gasteiger charge is 2.34. The fourth-order valence-electron chi connectivity index (χ4n) is 2.94. The van der Waals surface area contributed by atoms with E-state index in [0.29, 0.717) is 6.04 Å². The monoisotopic (exact) mass is 314 g/mol. The molecular formula is C13H16BrClN2. The molecule has 1 aromatic rings. The molecule has 0 amide bonds. The maximum atomic E-state index is 6.04.